The quantitative estimate of drug-likeness (QED) is 0.179. The van der Waals surface area contributed by atoms with Crippen molar-refractivity contribution in [3.8, 4) is 22.8 Å². The molecule has 274 valence electrons. The van der Waals surface area contributed by atoms with Gasteiger partial charge in [-0.25, -0.2) is 29.0 Å². The lowest BCUT2D eigenvalue weighted by molar-refractivity contribution is 0.682. The van der Waals surface area contributed by atoms with Crippen LogP contribution in [0.1, 0.15) is 71.8 Å². The predicted molar refractivity (Wildman–Crippen MR) is 213 cm³/mol. The Morgan fingerprint density at radius 1 is 0.611 bits per heavy atom. The summed E-state index contributed by atoms with van der Waals surface area (Å²) in [5.41, 5.74) is 12.6. The van der Waals surface area contributed by atoms with E-state index < -0.39 is 0 Å². The number of hydrogen-bond donors (Lipinski definition) is 0. The van der Waals surface area contributed by atoms with Gasteiger partial charge in [-0.3, -0.25) is 9.97 Å². The Morgan fingerprint density at radius 2 is 1.19 bits per heavy atom. The standard InChI is InChI=1S/C20H20N6.C20H18N6.2CH4/c2*1-13-11-21-14(2)19-23-18(24-26(13)19)8-7-16-12-25-10-9-15-5-3-4-6-17(15)20(25)22-16;;/h3-6,11-12H,7-10H2,1-2H3;3-8,11-12H,9-10H2,1-2H3;2*1H4/b;8-7+;;. The molecule has 8 heterocycles. The molecule has 2 aliphatic heterocycles. The van der Waals surface area contributed by atoms with E-state index in [4.69, 9.17) is 9.97 Å². The summed E-state index contributed by atoms with van der Waals surface area (Å²) in [6, 6.07) is 17.0. The highest BCUT2D eigenvalue weighted by atomic mass is 15.3. The van der Waals surface area contributed by atoms with Gasteiger partial charge in [0, 0.05) is 55.4 Å². The molecule has 10 rings (SSSR count). The fourth-order valence-corrected chi connectivity index (χ4v) is 7.10. The fraction of sp³-hybridized carbons (Fsp3) is 0.286. The molecular formula is C42H46N12. The summed E-state index contributed by atoms with van der Waals surface area (Å²) in [4.78, 5) is 27.6. The molecule has 0 spiro atoms. The van der Waals surface area contributed by atoms with Crippen LogP contribution < -0.4 is 0 Å². The average Bonchev–Trinajstić information content (AvgIpc) is 3.98. The Hall–Kier alpha value is -6.30. The normalized spacial score (nSPS) is 12.7. The van der Waals surface area contributed by atoms with Gasteiger partial charge in [-0.1, -0.05) is 63.4 Å². The van der Waals surface area contributed by atoms with E-state index in [9.17, 15) is 0 Å². The average molecular weight is 719 g/mol. The third kappa shape index (κ3) is 6.59. The predicted octanol–water partition coefficient (Wildman–Crippen LogP) is 7.55. The molecule has 54 heavy (non-hydrogen) atoms. The third-order valence-electron chi connectivity index (χ3n) is 9.87. The van der Waals surface area contributed by atoms with E-state index in [1.165, 1.54) is 22.3 Å². The van der Waals surface area contributed by atoms with Crippen molar-refractivity contribution in [2.45, 2.75) is 81.3 Å². The maximum atomic E-state index is 4.88. The van der Waals surface area contributed by atoms with E-state index >= 15 is 0 Å². The van der Waals surface area contributed by atoms with Gasteiger partial charge in [-0.15, -0.1) is 5.10 Å². The van der Waals surface area contributed by atoms with Crippen molar-refractivity contribution in [1.82, 2.24) is 58.3 Å². The van der Waals surface area contributed by atoms with Crippen LogP contribution in [0.5, 0.6) is 0 Å². The van der Waals surface area contributed by atoms with Gasteiger partial charge in [0.15, 0.2) is 22.9 Å². The number of benzene rings is 2. The molecule has 12 heteroatoms. The number of rotatable bonds is 5. The topological polar surface area (TPSA) is 122 Å². The lowest BCUT2D eigenvalue weighted by atomic mass is 10.0. The summed E-state index contributed by atoms with van der Waals surface area (Å²) in [6.45, 7) is 9.84. The van der Waals surface area contributed by atoms with Crippen molar-refractivity contribution in [2.24, 2.45) is 0 Å². The molecule has 0 saturated heterocycles. The van der Waals surface area contributed by atoms with Crippen LogP contribution in [0.15, 0.2) is 73.3 Å². The number of fused-ring (bicyclic) bond motifs is 8. The molecule has 0 saturated carbocycles. The van der Waals surface area contributed by atoms with Crippen LogP contribution in [-0.4, -0.2) is 58.3 Å². The number of aryl methyl sites for hydroxylation is 10. The Bertz CT molecular complexity index is 2570. The molecule has 2 aromatic carbocycles. The molecule has 0 N–H and O–H groups in total. The van der Waals surface area contributed by atoms with Crippen molar-refractivity contribution in [1.29, 1.82) is 0 Å². The minimum Gasteiger partial charge on any atom is -0.330 e. The Morgan fingerprint density at radius 3 is 1.81 bits per heavy atom. The van der Waals surface area contributed by atoms with Crippen molar-refractivity contribution in [2.75, 3.05) is 0 Å². The van der Waals surface area contributed by atoms with E-state index in [0.717, 1.165) is 102 Å². The summed E-state index contributed by atoms with van der Waals surface area (Å²) in [5, 5.41) is 9.19. The van der Waals surface area contributed by atoms with Crippen LogP contribution in [0, 0.1) is 27.7 Å². The molecule has 0 fully saturated rings. The second kappa shape index (κ2) is 14.6. The lowest BCUT2D eigenvalue weighted by Crippen LogP contribution is -2.09. The minimum absolute atomic E-state index is 0. The number of imidazole rings is 2. The van der Waals surface area contributed by atoms with Crippen LogP contribution in [-0.2, 0) is 38.8 Å². The van der Waals surface area contributed by atoms with Gasteiger partial charge in [0.2, 0.25) is 0 Å². The third-order valence-corrected chi connectivity index (χ3v) is 9.87. The maximum Gasteiger partial charge on any atom is 0.177 e. The Kier molecular flexibility index (Phi) is 9.76. The molecule has 0 bridgehead atoms. The second-order valence-electron chi connectivity index (χ2n) is 13.5. The zero-order valence-electron chi connectivity index (χ0n) is 29.7. The zero-order valence-corrected chi connectivity index (χ0v) is 29.7. The first kappa shape index (κ1) is 36.1. The number of hydrogen-bond acceptors (Lipinski definition) is 8. The van der Waals surface area contributed by atoms with E-state index in [2.05, 4.69) is 100 Å². The highest BCUT2D eigenvalue weighted by molar-refractivity contribution is 5.69. The van der Waals surface area contributed by atoms with Crippen LogP contribution in [0.4, 0.5) is 0 Å². The number of aromatic nitrogens is 12. The molecule has 6 aromatic heterocycles. The lowest BCUT2D eigenvalue weighted by Gasteiger charge is -2.17. The first-order valence-corrected chi connectivity index (χ1v) is 17.7. The summed E-state index contributed by atoms with van der Waals surface area (Å²) < 4.78 is 8.20. The molecule has 8 aromatic rings. The van der Waals surface area contributed by atoms with E-state index in [1.807, 2.05) is 61.3 Å². The maximum absolute atomic E-state index is 4.88. The largest absolute Gasteiger partial charge is 0.330 e. The van der Waals surface area contributed by atoms with E-state index in [-0.39, 0.29) is 14.9 Å². The fourth-order valence-electron chi connectivity index (χ4n) is 7.10. The van der Waals surface area contributed by atoms with E-state index in [0.29, 0.717) is 5.82 Å². The monoisotopic (exact) mass is 718 g/mol. The van der Waals surface area contributed by atoms with Crippen molar-refractivity contribution < 1.29 is 0 Å². The SMILES string of the molecule is C.C.Cc1ncc(C)n2nc(/C=C/c3cn4c(n3)-c3ccccc3CC4)nc12.Cc1ncc(C)n2nc(CCc3cn4c(n3)-c3ccccc3CC4)nc12. The zero-order chi connectivity index (χ0) is 35.3. The van der Waals surface area contributed by atoms with Crippen LogP contribution in [0.2, 0.25) is 0 Å². The minimum atomic E-state index is 0. The van der Waals surface area contributed by atoms with Crippen LogP contribution >= 0.6 is 0 Å². The van der Waals surface area contributed by atoms with E-state index in [1.54, 1.807) is 0 Å². The highest BCUT2D eigenvalue weighted by Gasteiger charge is 2.20. The van der Waals surface area contributed by atoms with Gasteiger partial charge in [-0.05, 0) is 70.2 Å². The molecule has 2 aliphatic rings. The Balaban J connectivity index is 0.000000161. The first-order chi connectivity index (χ1) is 25.4. The summed E-state index contributed by atoms with van der Waals surface area (Å²) in [7, 11) is 0. The van der Waals surface area contributed by atoms with Gasteiger partial charge in [0.05, 0.1) is 34.2 Å². The second-order valence-corrected chi connectivity index (χ2v) is 13.5. The van der Waals surface area contributed by atoms with Gasteiger partial charge < -0.3 is 9.13 Å². The van der Waals surface area contributed by atoms with Gasteiger partial charge in [-0.2, -0.15) is 5.10 Å². The summed E-state index contributed by atoms with van der Waals surface area (Å²) in [6.07, 6.45) is 15.5. The van der Waals surface area contributed by atoms with Crippen molar-refractivity contribution in [3.05, 3.63) is 130 Å². The number of nitrogens with zero attached hydrogens (tertiary/aromatic N) is 12. The van der Waals surface area contributed by atoms with Gasteiger partial charge in [0.25, 0.3) is 0 Å². The summed E-state index contributed by atoms with van der Waals surface area (Å²) in [5.74, 6) is 3.62. The van der Waals surface area contributed by atoms with Crippen molar-refractivity contribution >= 4 is 23.4 Å². The molecule has 0 radical (unpaired) electrons. The molecule has 12 nitrogen and oxygen atoms in total. The molecule has 0 unspecified atom stereocenters. The smallest absolute Gasteiger partial charge is 0.177 e. The summed E-state index contributed by atoms with van der Waals surface area (Å²) >= 11 is 0. The molecule has 0 atom stereocenters. The van der Waals surface area contributed by atoms with Crippen LogP contribution in [0.25, 0.3) is 46.2 Å². The molecule has 0 amide bonds. The highest BCUT2D eigenvalue weighted by Crippen LogP contribution is 2.30. The Labute approximate surface area is 315 Å². The first-order valence-electron chi connectivity index (χ1n) is 17.7. The molecular weight excluding hydrogens is 673 g/mol. The van der Waals surface area contributed by atoms with Crippen molar-refractivity contribution in [3.63, 3.8) is 0 Å². The molecule has 0 aliphatic carbocycles. The van der Waals surface area contributed by atoms with Gasteiger partial charge in [0.1, 0.15) is 11.6 Å². The van der Waals surface area contributed by atoms with Gasteiger partial charge >= 0.3 is 0 Å². The van der Waals surface area contributed by atoms with Crippen LogP contribution in [0.3, 0.4) is 0 Å².